The van der Waals surface area contributed by atoms with Crippen LogP contribution in [-0.2, 0) is 6.54 Å². The van der Waals surface area contributed by atoms with Gasteiger partial charge in [-0.1, -0.05) is 19.9 Å². The number of nitrogens with zero attached hydrogens (tertiary/aromatic N) is 1. The zero-order valence-electron chi connectivity index (χ0n) is 11.3. The largest absolute Gasteiger partial charge is 0.330 e. The molecule has 4 heteroatoms. The third kappa shape index (κ3) is 4.70. The fraction of sp³-hybridized carbons (Fsp3) is 0.571. The molecule has 102 valence electrons. The minimum atomic E-state index is -0.800. The molecule has 0 saturated heterocycles. The van der Waals surface area contributed by atoms with Crippen LogP contribution in [-0.4, -0.2) is 25.0 Å². The molecule has 1 aromatic rings. The van der Waals surface area contributed by atoms with Crippen LogP contribution in [0.15, 0.2) is 18.2 Å². The van der Waals surface area contributed by atoms with Gasteiger partial charge in [0.2, 0.25) is 0 Å². The van der Waals surface area contributed by atoms with E-state index in [0.29, 0.717) is 13.1 Å². The molecule has 0 bridgehead atoms. The normalized spacial score (nSPS) is 12.2. The number of hydrogen-bond donors (Lipinski definition) is 1. The summed E-state index contributed by atoms with van der Waals surface area (Å²) in [4.78, 5) is 2.09. The van der Waals surface area contributed by atoms with Gasteiger partial charge in [-0.3, -0.25) is 0 Å². The highest BCUT2D eigenvalue weighted by Crippen LogP contribution is 2.19. The minimum absolute atomic E-state index is 0.113. The summed E-state index contributed by atoms with van der Waals surface area (Å²) in [7, 11) is 1.97. The lowest BCUT2D eigenvalue weighted by Crippen LogP contribution is -2.29. The maximum atomic E-state index is 13.0. The van der Waals surface area contributed by atoms with E-state index in [9.17, 15) is 8.78 Å². The Morgan fingerprint density at radius 2 is 1.89 bits per heavy atom. The topological polar surface area (TPSA) is 29.3 Å². The van der Waals surface area contributed by atoms with Gasteiger partial charge in [-0.15, -0.1) is 0 Å². The van der Waals surface area contributed by atoms with E-state index in [4.69, 9.17) is 5.73 Å². The first kappa shape index (κ1) is 15.1. The Kier molecular flexibility index (Phi) is 5.23. The van der Waals surface area contributed by atoms with Crippen molar-refractivity contribution in [3.05, 3.63) is 35.4 Å². The standard InChI is InChI=1S/C14H22F2N2/c1-14(2,10-17)6-7-18(3)9-11-4-5-12(15)13(16)8-11/h4-5,8H,6-7,9-10,17H2,1-3H3. The molecule has 2 nitrogen and oxygen atoms in total. The summed E-state index contributed by atoms with van der Waals surface area (Å²) in [6.45, 7) is 6.38. The summed E-state index contributed by atoms with van der Waals surface area (Å²) in [5, 5.41) is 0. The molecule has 2 N–H and O–H groups in total. The first-order chi connectivity index (χ1) is 8.34. The Morgan fingerprint density at radius 1 is 1.22 bits per heavy atom. The average Bonchev–Trinajstić information content (AvgIpc) is 2.32. The van der Waals surface area contributed by atoms with Gasteiger partial charge in [0.05, 0.1) is 0 Å². The van der Waals surface area contributed by atoms with Gasteiger partial charge in [0.15, 0.2) is 11.6 Å². The van der Waals surface area contributed by atoms with Crippen LogP contribution in [0.4, 0.5) is 8.78 Å². The Hall–Kier alpha value is -1.00. The third-order valence-electron chi connectivity index (χ3n) is 3.16. The van der Waals surface area contributed by atoms with E-state index in [2.05, 4.69) is 18.7 Å². The summed E-state index contributed by atoms with van der Waals surface area (Å²) in [5.41, 5.74) is 6.56. The number of benzene rings is 1. The van der Waals surface area contributed by atoms with Gasteiger partial charge < -0.3 is 10.6 Å². The molecule has 0 fully saturated rings. The summed E-state index contributed by atoms with van der Waals surface area (Å²) in [6, 6.07) is 4.03. The van der Waals surface area contributed by atoms with Crippen LogP contribution in [0.25, 0.3) is 0 Å². The highest BCUT2D eigenvalue weighted by molar-refractivity contribution is 5.17. The van der Waals surface area contributed by atoms with Crippen molar-refractivity contribution in [1.29, 1.82) is 0 Å². The Balaban J connectivity index is 2.49. The predicted octanol–water partition coefficient (Wildman–Crippen LogP) is 2.77. The van der Waals surface area contributed by atoms with Gasteiger partial charge in [-0.05, 0) is 49.7 Å². The molecule has 0 aliphatic heterocycles. The second kappa shape index (κ2) is 6.25. The van der Waals surface area contributed by atoms with Crippen molar-refractivity contribution in [2.75, 3.05) is 20.1 Å². The zero-order valence-corrected chi connectivity index (χ0v) is 11.3. The molecule has 0 amide bonds. The lowest BCUT2D eigenvalue weighted by Gasteiger charge is -2.26. The molecule has 1 aromatic carbocycles. The van der Waals surface area contributed by atoms with E-state index in [1.807, 2.05) is 7.05 Å². The highest BCUT2D eigenvalue weighted by Gasteiger charge is 2.16. The van der Waals surface area contributed by atoms with Crippen molar-refractivity contribution in [1.82, 2.24) is 4.90 Å². The van der Waals surface area contributed by atoms with E-state index in [0.717, 1.165) is 18.5 Å². The van der Waals surface area contributed by atoms with Crippen LogP contribution in [0, 0.1) is 17.0 Å². The molecular formula is C14H22F2N2. The van der Waals surface area contributed by atoms with Crippen molar-refractivity contribution >= 4 is 0 Å². The molecule has 0 atom stereocenters. The van der Waals surface area contributed by atoms with Gasteiger partial charge in [0.1, 0.15) is 0 Å². The second-order valence-corrected chi connectivity index (χ2v) is 5.60. The SMILES string of the molecule is CN(CCC(C)(C)CN)Cc1ccc(F)c(F)c1. The maximum absolute atomic E-state index is 13.0. The third-order valence-corrected chi connectivity index (χ3v) is 3.16. The van der Waals surface area contributed by atoms with Crippen molar-refractivity contribution in [3.63, 3.8) is 0 Å². The Morgan fingerprint density at radius 3 is 2.44 bits per heavy atom. The van der Waals surface area contributed by atoms with Crippen molar-refractivity contribution < 1.29 is 8.78 Å². The molecular weight excluding hydrogens is 234 g/mol. The summed E-state index contributed by atoms with van der Waals surface area (Å²) in [5.74, 6) is -1.59. The number of halogens is 2. The molecule has 0 heterocycles. The van der Waals surface area contributed by atoms with Crippen LogP contribution < -0.4 is 5.73 Å². The van der Waals surface area contributed by atoms with E-state index in [-0.39, 0.29) is 5.41 Å². The van der Waals surface area contributed by atoms with Crippen molar-refractivity contribution in [2.24, 2.45) is 11.1 Å². The van der Waals surface area contributed by atoms with Gasteiger partial charge in [-0.2, -0.15) is 0 Å². The molecule has 0 aliphatic rings. The maximum Gasteiger partial charge on any atom is 0.159 e. The van der Waals surface area contributed by atoms with Crippen molar-refractivity contribution in [3.8, 4) is 0 Å². The summed E-state index contributed by atoms with van der Waals surface area (Å²) in [6.07, 6.45) is 0.976. The molecule has 0 aliphatic carbocycles. The fourth-order valence-electron chi connectivity index (χ4n) is 1.62. The van der Waals surface area contributed by atoms with Crippen LogP contribution in [0.3, 0.4) is 0 Å². The Bertz CT molecular complexity index is 391. The summed E-state index contributed by atoms with van der Waals surface area (Å²) >= 11 is 0. The highest BCUT2D eigenvalue weighted by atomic mass is 19.2. The van der Waals surface area contributed by atoms with Crippen molar-refractivity contribution in [2.45, 2.75) is 26.8 Å². The molecule has 0 aromatic heterocycles. The van der Waals surface area contributed by atoms with Crippen LogP contribution in [0.1, 0.15) is 25.8 Å². The number of rotatable bonds is 6. The lowest BCUT2D eigenvalue weighted by atomic mass is 9.89. The fourth-order valence-corrected chi connectivity index (χ4v) is 1.62. The zero-order chi connectivity index (χ0) is 13.8. The minimum Gasteiger partial charge on any atom is -0.330 e. The number of hydrogen-bond acceptors (Lipinski definition) is 2. The van der Waals surface area contributed by atoms with E-state index < -0.39 is 11.6 Å². The van der Waals surface area contributed by atoms with Gasteiger partial charge in [-0.25, -0.2) is 8.78 Å². The quantitative estimate of drug-likeness (QED) is 0.848. The molecule has 0 unspecified atom stereocenters. The van der Waals surface area contributed by atoms with E-state index in [1.165, 1.54) is 12.1 Å². The van der Waals surface area contributed by atoms with Gasteiger partial charge in [0.25, 0.3) is 0 Å². The first-order valence-corrected chi connectivity index (χ1v) is 6.16. The second-order valence-electron chi connectivity index (χ2n) is 5.60. The molecule has 18 heavy (non-hydrogen) atoms. The number of nitrogens with two attached hydrogens (primary N) is 1. The van der Waals surface area contributed by atoms with Crippen LogP contribution in [0.2, 0.25) is 0 Å². The lowest BCUT2D eigenvalue weighted by molar-refractivity contribution is 0.248. The van der Waals surface area contributed by atoms with Crippen LogP contribution in [0.5, 0.6) is 0 Å². The van der Waals surface area contributed by atoms with E-state index in [1.54, 1.807) is 6.07 Å². The first-order valence-electron chi connectivity index (χ1n) is 6.16. The van der Waals surface area contributed by atoms with Gasteiger partial charge >= 0.3 is 0 Å². The monoisotopic (exact) mass is 256 g/mol. The van der Waals surface area contributed by atoms with E-state index >= 15 is 0 Å². The summed E-state index contributed by atoms with van der Waals surface area (Å²) < 4.78 is 25.8. The predicted molar refractivity (Wildman–Crippen MR) is 70.1 cm³/mol. The molecule has 0 radical (unpaired) electrons. The smallest absolute Gasteiger partial charge is 0.159 e. The molecule has 1 rings (SSSR count). The van der Waals surface area contributed by atoms with Crippen LogP contribution >= 0.6 is 0 Å². The average molecular weight is 256 g/mol. The molecule has 0 spiro atoms. The Labute approximate surface area is 108 Å². The molecule has 0 saturated carbocycles. The van der Waals surface area contributed by atoms with Gasteiger partial charge in [0, 0.05) is 6.54 Å².